The van der Waals surface area contributed by atoms with E-state index in [1.54, 1.807) is 94.0 Å². The van der Waals surface area contributed by atoms with Crippen LogP contribution in [-0.2, 0) is 88.2 Å². The minimum absolute atomic E-state index is 0.00378. The van der Waals surface area contributed by atoms with Crippen LogP contribution >= 0.6 is 22.7 Å². The zero-order valence-corrected chi connectivity index (χ0v) is 93.8. The van der Waals surface area contributed by atoms with Crippen LogP contribution in [0, 0.1) is 65.1 Å². The van der Waals surface area contributed by atoms with Crippen molar-refractivity contribution in [2.24, 2.45) is 65.1 Å². The van der Waals surface area contributed by atoms with Gasteiger partial charge in [0.15, 0.2) is 0 Å². The lowest BCUT2D eigenvalue weighted by atomic mass is 9.74. The van der Waals surface area contributed by atoms with Crippen LogP contribution in [0.15, 0.2) is 84.8 Å². The summed E-state index contributed by atoms with van der Waals surface area (Å²) in [6.45, 7) is 12.6. The van der Waals surface area contributed by atoms with Crippen molar-refractivity contribution in [2.45, 2.75) is 379 Å². The van der Waals surface area contributed by atoms with Gasteiger partial charge < -0.3 is 45.6 Å². The molecule has 13 aliphatic rings. The molecule has 2 amide bonds. The number of benzene rings is 1. The number of hydrogen-bond donors (Lipinski definition) is 5. The monoisotopic (exact) mass is 2070 g/mol. The van der Waals surface area contributed by atoms with Gasteiger partial charge in [-0.15, -0.1) is 22.7 Å². The number of carbonyl (C=O) groups excluding carboxylic acids is 5. The number of thiophene rings is 2. The van der Waals surface area contributed by atoms with Gasteiger partial charge in [-0.05, 0) is 408 Å². The number of carbonyl (C=O) groups is 5. The smallest absolute Gasteiger partial charge is 0.230 e. The van der Waals surface area contributed by atoms with E-state index in [2.05, 4.69) is 156 Å². The highest BCUT2D eigenvalue weighted by molar-refractivity contribution is 7.19. The Morgan fingerprint density at radius 2 is 0.960 bits per heavy atom. The molecule has 149 heavy (non-hydrogen) atoms. The zero-order valence-electron chi connectivity index (χ0n) is 92.2. The maximum atomic E-state index is 13.3. The highest BCUT2D eigenvalue weighted by atomic mass is 32.1. The molecule has 0 bridgehead atoms. The number of aliphatic hydroxyl groups is 3. The number of allylic oxidation sites excluding steroid dienone is 6. The number of nitrogens with zero attached hydrogens (tertiary/aromatic N) is 13. The van der Waals surface area contributed by atoms with Gasteiger partial charge in [0.25, 0.3) is 0 Å². The Kier molecular flexibility index (Phi) is 39.6. The molecule has 7 aromatic heterocycles. The summed E-state index contributed by atoms with van der Waals surface area (Å²) in [6.07, 6.45) is 62.6. The summed E-state index contributed by atoms with van der Waals surface area (Å²) in [5, 5.41) is 36.0. The molecule has 806 valence electrons. The summed E-state index contributed by atoms with van der Waals surface area (Å²) in [5.74, 6) is 9.28. The third kappa shape index (κ3) is 27.3. The summed E-state index contributed by atoms with van der Waals surface area (Å²) >= 11 is 3.48. The SMILES string of the molecule is CC(C)C1CCC(Cc2ncnc3c2C2=C(CCC2C(=O)CCCCO)C3)CC1.CCCCCC(=O)CC1CCC2=C1c1c(cccc1CC1CCC(C(C)C)CC1)C2.CN(C)C1CCC(Cc2ncnc3c2C2=C(CCC2C(=O)CCc2cccnc2)C3)CC1.CN(C)C1CCC(Nc2ncnc3sc4c(c23)C(CC(=O)NCCO)CC4)CC1.CN(CCO)C(=O)C1CCc2sc3ncnc(CC4CCC(N(C)C)CC4)c3c21. The normalized spacial score (nSPS) is 25.0. The van der Waals surface area contributed by atoms with Gasteiger partial charge >= 0.3 is 0 Å². The van der Waals surface area contributed by atoms with Crippen LogP contribution in [0.25, 0.3) is 37.2 Å². The maximum absolute atomic E-state index is 13.3. The quantitative estimate of drug-likeness (QED) is 0.0226. The van der Waals surface area contributed by atoms with Crippen molar-refractivity contribution in [1.29, 1.82) is 0 Å². The van der Waals surface area contributed by atoms with Crippen molar-refractivity contribution < 1.29 is 39.3 Å². The average molecular weight is 2070 g/mol. The van der Waals surface area contributed by atoms with Gasteiger partial charge in [0.2, 0.25) is 11.8 Å². The molecule has 5 atom stereocenters. The van der Waals surface area contributed by atoms with E-state index < -0.39 is 0 Å². The molecule has 8 aromatic rings. The molecule has 0 radical (unpaired) electrons. The van der Waals surface area contributed by atoms with Gasteiger partial charge in [0, 0.05) is 146 Å². The highest BCUT2D eigenvalue weighted by Crippen LogP contribution is 2.55. The molecule has 0 saturated heterocycles. The van der Waals surface area contributed by atoms with Crippen LogP contribution < -0.4 is 10.6 Å². The Morgan fingerprint density at radius 3 is 1.52 bits per heavy atom. The topological polar surface area (TPSA) is 299 Å². The Balaban J connectivity index is 0.000000127. The Labute approximate surface area is 896 Å². The molecular weight excluding hydrogens is 1890 g/mol. The number of Topliss-reactive ketones (excluding diaryl/α,β-unsaturated/α-hetero) is 3. The van der Waals surface area contributed by atoms with Crippen molar-refractivity contribution in [3.8, 4) is 0 Å². The number of hydrogen-bond acceptors (Lipinski definition) is 23. The lowest BCUT2D eigenvalue weighted by Gasteiger charge is -2.33. The lowest BCUT2D eigenvalue weighted by molar-refractivity contribution is -0.132. The number of anilines is 1. The second-order valence-corrected chi connectivity index (χ2v) is 50.2. The molecule has 23 nitrogen and oxygen atoms in total. The third-order valence-corrected chi connectivity index (χ3v) is 39.5. The Bertz CT molecular complexity index is 5960. The van der Waals surface area contributed by atoms with Gasteiger partial charge in [-0.3, -0.25) is 29.0 Å². The summed E-state index contributed by atoms with van der Waals surface area (Å²) in [5.41, 5.74) is 25.4. The van der Waals surface area contributed by atoms with E-state index in [-0.39, 0.29) is 55.3 Å². The van der Waals surface area contributed by atoms with Crippen LogP contribution in [0.3, 0.4) is 0 Å². The van der Waals surface area contributed by atoms with Gasteiger partial charge in [-0.1, -0.05) is 88.4 Å². The van der Waals surface area contributed by atoms with E-state index in [0.717, 1.165) is 213 Å². The standard InChI is InChI=1S/C29H42O.C27H34N4O.C25H36N2O2.C22H32N4O2S.C21H31N5O2S/c1-4-5-6-10-27(30)19-26-16-15-25-18-24-9-7-8-23(28(24)29(25)26)17-21-11-13-22(14-12-21)20(2)3;1-31(2)21-9-5-18(6-10-21)14-23-27-24(30-17-29-23)15-20-8-11-22(26(20)27)25(32)12-7-19-4-3-13-28-16-19;1-16(2)18-8-6-17(7-9-18)13-21-25-22(27-15-26-21)14-19-10-11-20(24(19)25)23(29)5-3-4-12-28;1-25(2)15-6-4-14(5-7-15)12-17-20-19-16(22(28)26(3)10-11-27)8-9-18(19)29-21(20)24-13-23-17;1-26(2)15-6-4-14(5-7-15)25-20-19-18-13(11-17(28)22-9-10-27)3-8-16(18)29-21(19)24-12-23-20/h7-9,20-22,26H,4-6,10-19H2,1-3H3;3-4,13,16-18,21-22H,5-12,14-15H2,1-2H3;15-18,20,28H,3-14H2,1-2H3;13-16,27H,4-12H2,1-3H3;12-15,27H,3-11H2,1-2H3,(H,22,28)(H,23,24,25). The molecule has 5 saturated carbocycles. The summed E-state index contributed by atoms with van der Waals surface area (Å²) in [6, 6.07) is 13.6. The Hall–Kier alpha value is -8.66. The molecule has 5 fully saturated rings. The lowest BCUT2D eigenvalue weighted by Crippen LogP contribution is -2.36. The number of pyridine rings is 1. The maximum Gasteiger partial charge on any atom is 0.230 e. The number of ketones is 3. The minimum atomic E-state index is -0.121. The fourth-order valence-electron chi connectivity index (χ4n) is 28.4. The van der Waals surface area contributed by atoms with Crippen molar-refractivity contribution in [3.63, 3.8) is 0 Å². The van der Waals surface area contributed by atoms with Crippen LogP contribution in [-0.4, -0.2) is 215 Å². The molecular formula is C124H175N15O8S2. The van der Waals surface area contributed by atoms with Crippen molar-refractivity contribution >= 4 is 94.8 Å². The van der Waals surface area contributed by atoms with Crippen molar-refractivity contribution in [1.82, 2.24) is 69.8 Å². The zero-order chi connectivity index (χ0) is 104. The molecule has 13 aliphatic carbocycles. The van der Waals surface area contributed by atoms with Crippen molar-refractivity contribution in [3.05, 3.63) is 167 Å². The third-order valence-electron chi connectivity index (χ3n) is 37.1. The van der Waals surface area contributed by atoms with E-state index in [4.69, 9.17) is 25.2 Å². The number of amides is 2. The number of aliphatic hydroxyl groups excluding tert-OH is 3. The number of rotatable bonds is 37. The van der Waals surface area contributed by atoms with Gasteiger partial charge in [-0.2, -0.15) is 0 Å². The van der Waals surface area contributed by atoms with Crippen molar-refractivity contribution in [2.75, 3.05) is 87.6 Å². The largest absolute Gasteiger partial charge is 0.396 e. The van der Waals surface area contributed by atoms with Crippen LogP contribution in [0.2, 0.25) is 0 Å². The number of nitrogens with one attached hydrogen (secondary N) is 2. The first-order valence-corrected chi connectivity index (χ1v) is 59.9. The molecule has 21 rings (SSSR count). The Morgan fingerprint density at radius 1 is 0.450 bits per heavy atom. The molecule has 1 aromatic carbocycles. The van der Waals surface area contributed by atoms with Crippen LogP contribution in [0.5, 0.6) is 0 Å². The molecule has 25 heteroatoms. The number of unbranched alkanes of at least 4 members (excludes halogenated alkanes) is 3. The van der Waals surface area contributed by atoms with E-state index >= 15 is 0 Å². The summed E-state index contributed by atoms with van der Waals surface area (Å²) in [4.78, 5) is 119. The first kappa shape index (κ1) is 111. The molecule has 5 unspecified atom stereocenters. The van der Waals surface area contributed by atoms with Gasteiger partial charge in [-0.25, -0.2) is 39.9 Å². The highest BCUT2D eigenvalue weighted by Gasteiger charge is 2.45. The van der Waals surface area contributed by atoms with Crippen LogP contribution in [0.4, 0.5) is 5.82 Å². The number of aromatic nitrogens is 9. The number of aryl methyl sites for hydroxylation is 3. The minimum Gasteiger partial charge on any atom is -0.396 e. The number of likely N-dealkylation sites (N-methyl/N-ethyl adjacent to an activating group) is 1. The summed E-state index contributed by atoms with van der Waals surface area (Å²) < 4.78 is 0. The fraction of sp³-hybridized carbons (Fsp3) is 0.661. The van der Waals surface area contributed by atoms with E-state index in [0.29, 0.717) is 104 Å². The molecule has 5 N–H and O–H groups in total. The second kappa shape index (κ2) is 53.0. The van der Waals surface area contributed by atoms with E-state index in [1.807, 2.05) is 12.3 Å². The van der Waals surface area contributed by atoms with Gasteiger partial charge in [0.05, 0.1) is 53.0 Å². The molecule has 7 heterocycles. The summed E-state index contributed by atoms with van der Waals surface area (Å²) in [7, 11) is 14.9. The first-order valence-electron chi connectivity index (χ1n) is 58.3. The molecule has 0 spiro atoms. The predicted molar refractivity (Wildman–Crippen MR) is 602 cm³/mol. The first-order chi connectivity index (χ1) is 72.3. The second-order valence-electron chi connectivity index (χ2n) is 48.0. The predicted octanol–water partition coefficient (Wildman–Crippen LogP) is 22.7. The van der Waals surface area contributed by atoms with Gasteiger partial charge in [0.1, 0.15) is 58.1 Å². The number of fused-ring (bicyclic) bond motifs is 12. The molecule has 0 aliphatic heterocycles. The van der Waals surface area contributed by atoms with E-state index in [1.165, 1.54) is 213 Å². The fourth-order valence-corrected chi connectivity index (χ4v) is 30.9. The van der Waals surface area contributed by atoms with Crippen LogP contribution in [0.1, 0.15) is 373 Å². The average Bonchev–Trinajstić information content (AvgIpc) is 1.58. The van der Waals surface area contributed by atoms with E-state index in [9.17, 15) is 29.1 Å².